The highest BCUT2D eigenvalue weighted by atomic mass is 16.5. The number of aryl methyl sites for hydroxylation is 1. The summed E-state index contributed by atoms with van der Waals surface area (Å²) in [5, 5.41) is 0. The second-order valence-electron chi connectivity index (χ2n) is 2.96. The van der Waals surface area contributed by atoms with Gasteiger partial charge in [-0.15, -0.1) is 0 Å². The molecule has 1 aromatic carbocycles. The van der Waals surface area contributed by atoms with Crippen molar-refractivity contribution in [1.29, 1.82) is 0 Å². The summed E-state index contributed by atoms with van der Waals surface area (Å²) in [5.74, 6) is 0.869. The molecule has 0 aliphatic rings. The van der Waals surface area contributed by atoms with E-state index in [1.807, 2.05) is 31.2 Å². The van der Waals surface area contributed by atoms with Crippen LogP contribution in [0.4, 0.5) is 0 Å². The minimum atomic E-state index is 0.507. The van der Waals surface area contributed by atoms with Crippen molar-refractivity contribution >= 4 is 0 Å². The molecule has 0 amide bonds. The summed E-state index contributed by atoms with van der Waals surface area (Å²) in [6.07, 6.45) is 1.70. The normalized spacial score (nSPS) is 9.31. The first kappa shape index (κ1) is 9.59. The van der Waals surface area contributed by atoms with E-state index >= 15 is 0 Å². The fourth-order valence-electron chi connectivity index (χ4n) is 0.869. The summed E-state index contributed by atoms with van der Waals surface area (Å²) < 4.78 is 5.44. The molecule has 0 saturated heterocycles. The van der Waals surface area contributed by atoms with Crippen LogP contribution in [0.1, 0.15) is 5.56 Å². The minimum absolute atomic E-state index is 0.507. The number of benzene rings is 1. The Balaban J connectivity index is 2.50. The Morgan fingerprint density at radius 1 is 1.38 bits per heavy atom. The summed E-state index contributed by atoms with van der Waals surface area (Å²) in [4.78, 5) is 0. The molecule has 0 heterocycles. The van der Waals surface area contributed by atoms with Gasteiger partial charge in [0.05, 0.1) is 0 Å². The van der Waals surface area contributed by atoms with E-state index in [2.05, 4.69) is 13.2 Å². The summed E-state index contributed by atoms with van der Waals surface area (Å²) >= 11 is 0. The van der Waals surface area contributed by atoms with Gasteiger partial charge in [0.25, 0.3) is 0 Å². The average Bonchev–Trinajstić information content (AvgIpc) is 2.16. The summed E-state index contributed by atoms with van der Waals surface area (Å²) in [6, 6.07) is 7.94. The third-order valence-electron chi connectivity index (χ3n) is 1.73. The molecule has 68 valence electrons. The van der Waals surface area contributed by atoms with Gasteiger partial charge in [-0.1, -0.05) is 36.9 Å². The first-order chi connectivity index (χ1) is 6.22. The van der Waals surface area contributed by atoms with Gasteiger partial charge in [0.2, 0.25) is 0 Å². The Morgan fingerprint density at radius 2 is 2.00 bits per heavy atom. The van der Waals surface area contributed by atoms with Crippen LogP contribution in [-0.2, 0) is 0 Å². The molecular weight excluding hydrogens is 160 g/mol. The van der Waals surface area contributed by atoms with Gasteiger partial charge in [0, 0.05) is 0 Å². The van der Waals surface area contributed by atoms with Crippen molar-refractivity contribution in [2.45, 2.75) is 6.92 Å². The summed E-state index contributed by atoms with van der Waals surface area (Å²) in [6.45, 7) is 9.92. The molecule has 0 aliphatic heterocycles. The molecule has 0 N–H and O–H groups in total. The second kappa shape index (κ2) is 4.51. The molecule has 1 heteroatoms. The first-order valence-electron chi connectivity index (χ1n) is 4.22. The van der Waals surface area contributed by atoms with Gasteiger partial charge in [-0.2, -0.15) is 0 Å². The van der Waals surface area contributed by atoms with Crippen molar-refractivity contribution in [3.8, 4) is 5.75 Å². The fraction of sp³-hybridized carbons (Fsp3) is 0.167. The zero-order valence-corrected chi connectivity index (χ0v) is 7.92. The Hall–Kier alpha value is -1.50. The summed E-state index contributed by atoms with van der Waals surface area (Å²) in [5.41, 5.74) is 2.12. The lowest BCUT2D eigenvalue weighted by molar-refractivity contribution is 0.356. The maximum Gasteiger partial charge on any atom is 0.119 e. The van der Waals surface area contributed by atoms with Crippen LogP contribution >= 0.6 is 0 Å². The SMILES string of the molecule is C=CC(=C)COc1ccc(C)cc1. The number of hydrogen-bond acceptors (Lipinski definition) is 1. The molecule has 1 rings (SSSR count). The maximum absolute atomic E-state index is 5.44. The smallest absolute Gasteiger partial charge is 0.119 e. The van der Waals surface area contributed by atoms with Crippen LogP contribution in [0.25, 0.3) is 0 Å². The highest BCUT2D eigenvalue weighted by Crippen LogP contribution is 2.12. The van der Waals surface area contributed by atoms with Crippen LogP contribution in [0.2, 0.25) is 0 Å². The first-order valence-corrected chi connectivity index (χ1v) is 4.22. The molecule has 0 aliphatic carbocycles. The summed E-state index contributed by atoms with van der Waals surface area (Å²) in [7, 11) is 0. The highest BCUT2D eigenvalue weighted by Gasteiger charge is 1.92. The maximum atomic E-state index is 5.44. The van der Waals surface area contributed by atoms with E-state index in [4.69, 9.17) is 4.74 Å². The van der Waals surface area contributed by atoms with Crippen molar-refractivity contribution in [2.24, 2.45) is 0 Å². The third kappa shape index (κ3) is 3.16. The van der Waals surface area contributed by atoms with Gasteiger partial charge in [-0.05, 0) is 24.6 Å². The van der Waals surface area contributed by atoms with Crippen LogP contribution in [-0.4, -0.2) is 6.61 Å². The van der Waals surface area contributed by atoms with Crippen LogP contribution in [0, 0.1) is 6.92 Å². The lowest BCUT2D eigenvalue weighted by atomic mass is 10.2. The molecule has 1 nitrogen and oxygen atoms in total. The molecule has 13 heavy (non-hydrogen) atoms. The Bertz CT molecular complexity index is 295. The van der Waals surface area contributed by atoms with Crippen LogP contribution in [0.15, 0.2) is 49.1 Å². The van der Waals surface area contributed by atoms with E-state index in [9.17, 15) is 0 Å². The van der Waals surface area contributed by atoms with Gasteiger partial charge >= 0.3 is 0 Å². The zero-order valence-electron chi connectivity index (χ0n) is 7.92. The van der Waals surface area contributed by atoms with Gasteiger partial charge < -0.3 is 4.74 Å². The molecule has 0 atom stereocenters. The largest absolute Gasteiger partial charge is 0.489 e. The minimum Gasteiger partial charge on any atom is -0.489 e. The van der Waals surface area contributed by atoms with Crippen molar-refractivity contribution in [3.05, 3.63) is 54.6 Å². The molecule has 0 bridgehead atoms. The molecule has 0 unspecified atom stereocenters. The molecular formula is C12H14O. The van der Waals surface area contributed by atoms with E-state index in [-0.39, 0.29) is 0 Å². The molecule has 1 aromatic rings. The van der Waals surface area contributed by atoms with E-state index in [0.29, 0.717) is 6.61 Å². The molecule has 0 spiro atoms. The second-order valence-corrected chi connectivity index (χ2v) is 2.96. The van der Waals surface area contributed by atoms with Crippen molar-refractivity contribution in [2.75, 3.05) is 6.61 Å². The van der Waals surface area contributed by atoms with Gasteiger partial charge in [0.15, 0.2) is 0 Å². The Morgan fingerprint density at radius 3 is 2.54 bits per heavy atom. The topological polar surface area (TPSA) is 9.23 Å². The highest BCUT2D eigenvalue weighted by molar-refractivity contribution is 5.27. The van der Waals surface area contributed by atoms with Crippen LogP contribution in [0.5, 0.6) is 5.75 Å². The molecule has 0 saturated carbocycles. The number of ether oxygens (including phenoxy) is 1. The lowest BCUT2D eigenvalue weighted by Crippen LogP contribution is -1.97. The predicted molar refractivity (Wildman–Crippen MR) is 56.0 cm³/mol. The number of hydrogen-bond donors (Lipinski definition) is 0. The Kier molecular flexibility index (Phi) is 3.32. The molecule has 0 fully saturated rings. The molecule has 0 aromatic heterocycles. The third-order valence-corrected chi connectivity index (χ3v) is 1.73. The average molecular weight is 174 g/mol. The van der Waals surface area contributed by atoms with Crippen molar-refractivity contribution < 1.29 is 4.74 Å². The zero-order chi connectivity index (χ0) is 9.68. The number of rotatable bonds is 4. The van der Waals surface area contributed by atoms with Crippen LogP contribution < -0.4 is 4.74 Å². The van der Waals surface area contributed by atoms with Gasteiger partial charge in [0.1, 0.15) is 12.4 Å². The lowest BCUT2D eigenvalue weighted by Gasteiger charge is -2.05. The molecule has 0 radical (unpaired) electrons. The standard InChI is InChI=1S/C12H14O/c1-4-10(2)9-13-12-7-5-11(3)6-8-12/h4-8H,1-2,9H2,3H3. The van der Waals surface area contributed by atoms with E-state index in [1.54, 1.807) is 6.08 Å². The monoisotopic (exact) mass is 174 g/mol. The van der Waals surface area contributed by atoms with Crippen LogP contribution in [0.3, 0.4) is 0 Å². The van der Waals surface area contributed by atoms with E-state index in [0.717, 1.165) is 11.3 Å². The van der Waals surface area contributed by atoms with Crippen molar-refractivity contribution in [1.82, 2.24) is 0 Å². The van der Waals surface area contributed by atoms with E-state index in [1.165, 1.54) is 5.56 Å². The fourth-order valence-corrected chi connectivity index (χ4v) is 0.869. The predicted octanol–water partition coefficient (Wildman–Crippen LogP) is 3.12. The van der Waals surface area contributed by atoms with Crippen molar-refractivity contribution in [3.63, 3.8) is 0 Å². The Labute approximate surface area is 79.4 Å². The van der Waals surface area contributed by atoms with E-state index < -0.39 is 0 Å². The van der Waals surface area contributed by atoms with Gasteiger partial charge in [-0.3, -0.25) is 0 Å². The van der Waals surface area contributed by atoms with Gasteiger partial charge in [-0.25, -0.2) is 0 Å². The quantitative estimate of drug-likeness (QED) is 0.637.